The number of nitro groups is 1. The van der Waals surface area contributed by atoms with Crippen molar-refractivity contribution < 1.29 is 22.5 Å². The minimum Gasteiger partial charge on any atom is -0.258 e. The quantitative estimate of drug-likeness (QED) is 0.439. The van der Waals surface area contributed by atoms with Crippen molar-refractivity contribution in [3.8, 4) is 0 Å². The van der Waals surface area contributed by atoms with E-state index in [0.29, 0.717) is 6.07 Å². The fourth-order valence-corrected chi connectivity index (χ4v) is 1.09. The van der Waals surface area contributed by atoms with Crippen LogP contribution < -0.4 is 0 Å². The van der Waals surface area contributed by atoms with Crippen LogP contribution in [-0.2, 0) is 6.42 Å². The first-order chi connectivity index (χ1) is 6.79. The lowest BCUT2D eigenvalue weighted by molar-refractivity contribution is -0.386. The number of halogens is 4. The van der Waals surface area contributed by atoms with E-state index >= 15 is 0 Å². The molecule has 1 aromatic rings. The average Bonchev–Trinajstić information content (AvgIpc) is 1.99. The summed E-state index contributed by atoms with van der Waals surface area (Å²) in [6.45, 7) is 0. The molecule has 7 heteroatoms. The molecule has 15 heavy (non-hydrogen) atoms. The summed E-state index contributed by atoms with van der Waals surface area (Å²) in [6.07, 6.45) is -6.11. The Kier molecular flexibility index (Phi) is 2.92. The number of hydrogen-bond acceptors (Lipinski definition) is 2. The first-order valence-electron chi connectivity index (χ1n) is 3.79. The van der Waals surface area contributed by atoms with Crippen molar-refractivity contribution in [1.82, 2.24) is 0 Å². The summed E-state index contributed by atoms with van der Waals surface area (Å²) in [4.78, 5) is 9.36. The van der Waals surface area contributed by atoms with Crippen LogP contribution in [0.1, 0.15) is 5.56 Å². The third kappa shape index (κ3) is 3.19. The van der Waals surface area contributed by atoms with E-state index in [1.165, 1.54) is 0 Å². The second-order valence-corrected chi connectivity index (χ2v) is 2.82. The van der Waals surface area contributed by atoms with Crippen LogP contribution in [0.25, 0.3) is 0 Å². The lowest BCUT2D eigenvalue weighted by Crippen LogP contribution is -2.13. The van der Waals surface area contributed by atoms with E-state index in [9.17, 15) is 27.7 Å². The molecule has 0 aliphatic rings. The van der Waals surface area contributed by atoms with E-state index in [0.717, 1.165) is 12.1 Å². The molecule has 1 aromatic carbocycles. The maximum Gasteiger partial charge on any atom is 0.393 e. The van der Waals surface area contributed by atoms with E-state index in [1.54, 1.807) is 0 Å². The molecule has 0 radical (unpaired) electrons. The van der Waals surface area contributed by atoms with Gasteiger partial charge in [-0.05, 0) is 12.1 Å². The van der Waals surface area contributed by atoms with E-state index in [-0.39, 0.29) is 0 Å². The maximum atomic E-state index is 12.6. The molecule has 0 saturated carbocycles. The molecule has 0 aliphatic heterocycles. The van der Waals surface area contributed by atoms with Gasteiger partial charge in [0.2, 0.25) is 0 Å². The first-order valence-corrected chi connectivity index (χ1v) is 3.79. The van der Waals surface area contributed by atoms with Crippen molar-refractivity contribution in [1.29, 1.82) is 0 Å². The number of nitro benzene ring substituents is 1. The van der Waals surface area contributed by atoms with E-state index in [2.05, 4.69) is 0 Å². The fraction of sp³-hybridized carbons (Fsp3) is 0.250. The predicted octanol–water partition coefficient (Wildman–Crippen LogP) is 2.84. The standard InChI is InChI=1S/C8H5F4NO2/c9-6-1-2-7(13(14)15)5(3-6)4-8(10,11)12/h1-3H,4H2. The third-order valence-electron chi connectivity index (χ3n) is 1.63. The summed E-state index contributed by atoms with van der Waals surface area (Å²) in [5.41, 5.74) is -1.40. The SMILES string of the molecule is O=[N+]([O-])c1ccc(F)cc1CC(F)(F)F. The van der Waals surface area contributed by atoms with Crippen molar-refractivity contribution in [2.75, 3.05) is 0 Å². The zero-order valence-electron chi connectivity index (χ0n) is 7.21. The summed E-state index contributed by atoms with van der Waals surface area (Å²) in [6, 6.07) is 1.99. The molecular weight excluding hydrogens is 218 g/mol. The van der Waals surface area contributed by atoms with E-state index in [1.807, 2.05) is 0 Å². The Labute approximate surface area is 81.5 Å². The van der Waals surface area contributed by atoms with Gasteiger partial charge in [0, 0.05) is 11.6 Å². The highest BCUT2D eigenvalue weighted by atomic mass is 19.4. The second-order valence-electron chi connectivity index (χ2n) is 2.82. The van der Waals surface area contributed by atoms with Crippen LogP contribution in [0.5, 0.6) is 0 Å². The number of alkyl halides is 3. The van der Waals surface area contributed by atoms with Gasteiger partial charge in [0.05, 0.1) is 11.3 Å². The van der Waals surface area contributed by atoms with Crippen LogP contribution in [-0.4, -0.2) is 11.1 Å². The van der Waals surface area contributed by atoms with Gasteiger partial charge in [-0.2, -0.15) is 13.2 Å². The lowest BCUT2D eigenvalue weighted by atomic mass is 10.1. The van der Waals surface area contributed by atoms with Gasteiger partial charge in [0.15, 0.2) is 0 Å². The molecular formula is C8H5F4NO2. The van der Waals surface area contributed by atoms with Crippen molar-refractivity contribution in [2.45, 2.75) is 12.6 Å². The van der Waals surface area contributed by atoms with Crippen LogP contribution in [0.15, 0.2) is 18.2 Å². The minimum absolute atomic E-state index is 0.519. The number of rotatable bonds is 2. The summed E-state index contributed by atoms with van der Waals surface area (Å²) >= 11 is 0. The molecule has 0 N–H and O–H groups in total. The monoisotopic (exact) mass is 223 g/mol. The van der Waals surface area contributed by atoms with Crippen LogP contribution in [0.2, 0.25) is 0 Å². The molecule has 1 rings (SSSR count). The Hall–Kier alpha value is -1.66. The smallest absolute Gasteiger partial charge is 0.258 e. The maximum absolute atomic E-state index is 12.6. The highest BCUT2D eigenvalue weighted by Crippen LogP contribution is 2.27. The Morgan fingerprint density at radius 3 is 2.40 bits per heavy atom. The van der Waals surface area contributed by atoms with Gasteiger partial charge in [-0.25, -0.2) is 4.39 Å². The van der Waals surface area contributed by atoms with Crippen molar-refractivity contribution >= 4 is 5.69 Å². The zero-order chi connectivity index (χ0) is 11.6. The molecule has 0 amide bonds. The molecule has 0 bridgehead atoms. The van der Waals surface area contributed by atoms with Crippen molar-refractivity contribution in [3.05, 3.63) is 39.7 Å². The number of hydrogen-bond donors (Lipinski definition) is 0. The van der Waals surface area contributed by atoms with Gasteiger partial charge in [0.1, 0.15) is 5.82 Å². The first kappa shape index (κ1) is 11.4. The highest BCUT2D eigenvalue weighted by Gasteiger charge is 2.31. The second kappa shape index (κ2) is 3.84. The lowest BCUT2D eigenvalue weighted by Gasteiger charge is -2.06. The summed E-state index contributed by atoms with van der Waals surface area (Å²) in [7, 11) is 0. The van der Waals surface area contributed by atoms with Crippen LogP contribution in [0, 0.1) is 15.9 Å². The highest BCUT2D eigenvalue weighted by molar-refractivity contribution is 5.40. The van der Waals surface area contributed by atoms with Gasteiger partial charge < -0.3 is 0 Å². The van der Waals surface area contributed by atoms with Crippen LogP contribution in [0.3, 0.4) is 0 Å². The number of nitrogens with zero attached hydrogens (tertiary/aromatic N) is 1. The van der Waals surface area contributed by atoms with Crippen molar-refractivity contribution in [3.63, 3.8) is 0 Å². The minimum atomic E-state index is -4.60. The van der Waals surface area contributed by atoms with Gasteiger partial charge in [-0.3, -0.25) is 10.1 Å². The predicted molar refractivity (Wildman–Crippen MR) is 42.8 cm³/mol. The van der Waals surface area contributed by atoms with Gasteiger partial charge >= 0.3 is 6.18 Å². The average molecular weight is 223 g/mol. The molecule has 0 unspecified atom stereocenters. The zero-order valence-corrected chi connectivity index (χ0v) is 7.21. The summed E-state index contributed by atoms with van der Waals surface area (Å²) in [5.74, 6) is -0.931. The fourth-order valence-electron chi connectivity index (χ4n) is 1.09. The Morgan fingerprint density at radius 1 is 1.33 bits per heavy atom. The Bertz CT molecular complexity index is 389. The molecule has 0 saturated heterocycles. The molecule has 0 atom stereocenters. The largest absolute Gasteiger partial charge is 0.393 e. The van der Waals surface area contributed by atoms with Crippen molar-refractivity contribution in [2.24, 2.45) is 0 Å². The van der Waals surface area contributed by atoms with Gasteiger partial charge in [-0.1, -0.05) is 0 Å². The molecule has 0 aromatic heterocycles. The van der Waals surface area contributed by atoms with Crippen LogP contribution >= 0.6 is 0 Å². The van der Waals surface area contributed by atoms with Crippen LogP contribution in [0.4, 0.5) is 23.2 Å². The van der Waals surface area contributed by atoms with E-state index < -0.39 is 34.6 Å². The normalized spacial score (nSPS) is 11.5. The van der Waals surface area contributed by atoms with Gasteiger partial charge in [-0.15, -0.1) is 0 Å². The molecule has 0 fully saturated rings. The summed E-state index contributed by atoms with van der Waals surface area (Å²) < 4.78 is 48.5. The Balaban J connectivity index is 3.13. The van der Waals surface area contributed by atoms with Gasteiger partial charge in [0.25, 0.3) is 5.69 Å². The molecule has 3 nitrogen and oxygen atoms in total. The van der Waals surface area contributed by atoms with E-state index in [4.69, 9.17) is 0 Å². The summed E-state index contributed by atoms with van der Waals surface area (Å²) in [5, 5.41) is 10.3. The third-order valence-corrected chi connectivity index (χ3v) is 1.63. The number of benzene rings is 1. The molecule has 0 aliphatic carbocycles. The molecule has 0 spiro atoms. The molecule has 82 valence electrons. The molecule has 0 heterocycles. The topological polar surface area (TPSA) is 43.1 Å². The Morgan fingerprint density at radius 2 is 1.93 bits per heavy atom.